The zero-order chi connectivity index (χ0) is 29.0. The summed E-state index contributed by atoms with van der Waals surface area (Å²) in [5.74, 6) is -1.32. The standard InChI is InChI=1S/C32H35NO6S/c1-20-15-24(16-21(2)29(20)39-32(3,4)30(35)36)26-17-33(31(37)38-19-22-9-7-6-8-10-22)18-27(26)28(34)23-11-13-25(40-5)14-12-23/h6-16,26-27H,17-19H2,1-5H3,(H,35,36)/t26-,27?/m1/s1. The molecule has 0 aliphatic carbocycles. The molecule has 1 aliphatic heterocycles. The van der Waals surface area contributed by atoms with E-state index < -0.39 is 23.6 Å². The predicted octanol–water partition coefficient (Wildman–Crippen LogP) is 6.50. The molecule has 210 valence electrons. The van der Waals surface area contributed by atoms with Gasteiger partial charge in [-0.3, -0.25) is 4.79 Å². The van der Waals surface area contributed by atoms with Crippen LogP contribution >= 0.6 is 11.8 Å². The maximum Gasteiger partial charge on any atom is 0.410 e. The Hall–Kier alpha value is -3.78. The second-order valence-corrected chi connectivity index (χ2v) is 11.5. The number of benzene rings is 3. The Morgan fingerprint density at radius 1 is 0.975 bits per heavy atom. The Morgan fingerprint density at radius 3 is 2.17 bits per heavy atom. The molecule has 40 heavy (non-hydrogen) atoms. The summed E-state index contributed by atoms with van der Waals surface area (Å²) in [5, 5.41) is 9.53. The summed E-state index contributed by atoms with van der Waals surface area (Å²) >= 11 is 1.61. The van der Waals surface area contributed by atoms with Crippen LogP contribution in [0.1, 0.15) is 52.4 Å². The summed E-state index contributed by atoms with van der Waals surface area (Å²) in [6.45, 7) is 7.46. The maximum atomic E-state index is 13.8. The third-order valence-corrected chi connectivity index (χ3v) is 8.02. The fraction of sp³-hybridized carbons (Fsp3) is 0.344. The molecule has 3 aromatic carbocycles. The Balaban J connectivity index is 1.63. The van der Waals surface area contributed by atoms with Crippen molar-refractivity contribution >= 4 is 29.6 Å². The lowest BCUT2D eigenvalue weighted by atomic mass is 9.82. The van der Waals surface area contributed by atoms with Gasteiger partial charge in [-0.25, -0.2) is 9.59 Å². The number of carboxylic acid groups (broad SMARTS) is 1. The SMILES string of the molecule is CSc1ccc(C(=O)C2CN(C(=O)OCc3ccccc3)C[C@@H]2c2cc(C)c(OC(C)(C)C(=O)O)c(C)c2)cc1. The van der Waals surface area contributed by atoms with Crippen LogP contribution in [0.4, 0.5) is 4.79 Å². The smallest absolute Gasteiger partial charge is 0.410 e. The number of aryl methyl sites for hydroxylation is 2. The van der Waals surface area contributed by atoms with E-state index >= 15 is 0 Å². The molecule has 7 nitrogen and oxygen atoms in total. The van der Waals surface area contributed by atoms with Gasteiger partial charge in [0.05, 0.1) is 0 Å². The van der Waals surface area contributed by atoms with E-state index in [4.69, 9.17) is 9.47 Å². The van der Waals surface area contributed by atoms with E-state index in [9.17, 15) is 19.5 Å². The summed E-state index contributed by atoms with van der Waals surface area (Å²) in [6.07, 6.45) is 1.52. The van der Waals surface area contributed by atoms with Crippen LogP contribution in [-0.4, -0.2) is 52.8 Å². The van der Waals surface area contributed by atoms with Gasteiger partial charge in [0, 0.05) is 35.4 Å². The maximum absolute atomic E-state index is 13.8. The number of nitrogens with zero attached hydrogens (tertiary/aromatic N) is 1. The molecule has 2 atom stereocenters. The average molecular weight is 562 g/mol. The van der Waals surface area contributed by atoms with Gasteiger partial charge in [-0.05, 0) is 68.3 Å². The van der Waals surface area contributed by atoms with Crippen LogP contribution in [0, 0.1) is 19.8 Å². The highest BCUT2D eigenvalue weighted by Crippen LogP contribution is 2.39. The van der Waals surface area contributed by atoms with Gasteiger partial charge in [0.1, 0.15) is 12.4 Å². The van der Waals surface area contributed by atoms with Gasteiger partial charge in [0.25, 0.3) is 0 Å². The summed E-state index contributed by atoms with van der Waals surface area (Å²) in [7, 11) is 0. The minimum absolute atomic E-state index is 0.0290. The van der Waals surface area contributed by atoms with Crippen LogP contribution in [0.2, 0.25) is 0 Å². The highest BCUT2D eigenvalue weighted by Gasteiger charge is 2.42. The van der Waals surface area contributed by atoms with Gasteiger partial charge in [-0.2, -0.15) is 0 Å². The monoisotopic (exact) mass is 561 g/mol. The first-order valence-corrected chi connectivity index (χ1v) is 14.4. The molecule has 1 N–H and O–H groups in total. The Labute approximate surface area is 239 Å². The lowest BCUT2D eigenvalue weighted by molar-refractivity contribution is -0.152. The average Bonchev–Trinajstić information content (AvgIpc) is 3.39. The minimum atomic E-state index is -1.40. The first kappa shape index (κ1) is 29.2. The first-order chi connectivity index (χ1) is 19.0. The van der Waals surface area contributed by atoms with Gasteiger partial charge in [0.2, 0.25) is 0 Å². The van der Waals surface area contributed by atoms with Crippen molar-refractivity contribution in [1.82, 2.24) is 4.90 Å². The number of ketones is 1. The van der Waals surface area contributed by atoms with Gasteiger partial charge >= 0.3 is 12.1 Å². The second kappa shape index (κ2) is 12.2. The summed E-state index contributed by atoms with van der Waals surface area (Å²) in [6, 6.07) is 20.9. The number of carboxylic acids is 1. The van der Waals surface area contributed by atoms with E-state index in [-0.39, 0.29) is 24.9 Å². The molecule has 4 rings (SSSR count). The molecule has 1 unspecified atom stereocenters. The van der Waals surface area contributed by atoms with E-state index in [0.29, 0.717) is 17.9 Å². The van der Waals surface area contributed by atoms with E-state index in [1.165, 1.54) is 13.8 Å². The lowest BCUT2D eigenvalue weighted by Gasteiger charge is -2.26. The predicted molar refractivity (Wildman–Crippen MR) is 155 cm³/mol. The first-order valence-electron chi connectivity index (χ1n) is 13.2. The number of likely N-dealkylation sites (tertiary alicyclic amines) is 1. The van der Waals surface area contributed by atoms with Crippen LogP contribution in [0.25, 0.3) is 0 Å². The van der Waals surface area contributed by atoms with Crippen molar-refractivity contribution in [3.63, 3.8) is 0 Å². The number of hydrogen-bond acceptors (Lipinski definition) is 6. The minimum Gasteiger partial charge on any atom is -0.478 e. The molecule has 1 saturated heterocycles. The highest BCUT2D eigenvalue weighted by molar-refractivity contribution is 7.98. The molecule has 0 radical (unpaired) electrons. The van der Waals surface area contributed by atoms with Crippen LogP contribution in [0.5, 0.6) is 5.75 Å². The Morgan fingerprint density at radius 2 is 1.60 bits per heavy atom. The van der Waals surface area contributed by atoms with Crippen molar-refractivity contribution in [2.75, 3.05) is 19.3 Å². The number of hydrogen-bond donors (Lipinski definition) is 1. The molecule has 3 aromatic rings. The van der Waals surface area contributed by atoms with Crippen LogP contribution in [-0.2, 0) is 16.1 Å². The lowest BCUT2D eigenvalue weighted by Crippen LogP contribution is -2.38. The third-order valence-electron chi connectivity index (χ3n) is 7.28. The summed E-state index contributed by atoms with van der Waals surface area (Å²) < 4.78 is 11.5. The van der Waals surface area contributed by atoms with Gasteiger partial charge < -0.3 is 19.5 Å². The largest absolute Gasteiger partial charge is 0.478 e. The number of carbonyl (C=O) groups excluding carboxylic acids is 2. The number of aliphatic carboxylic acids is 1. The fourth-order valence-electron chi connectivity index (χ4n) is 4.99. The number of Topliss-reactive ketones (excluding diaryl/α,β-unsaturated/α-hetero) is 1. The fourth-order valence-corrected chi connectivity index (χ4v) is 5.40. The van der Waals surface area contributed by atoms with E-state index in [1.807, 2.05) is 86.8 Å². The summed E-state index contributed by atoms with van der Waals surface area (Å²) in [4.78, 5) is 41.2. The molecule has 0 aromatic heterocycles. The molecular formula is C32H35NO6S. The van der Waals surface area contributed by atoms with Crippen molar-refractivity contribution in [3.05, 3.63) is 94.5 Å². The van der Waals surface area contributed by atoms with E-state index in [2.05, 4.69) is 0 Å². The van der Waals surface area contributed by atoms with Crippen molar-refractivity contribution in [3.8, 4) is 5.75 Å². The van der Waals surface area contributed by atoms with Crippen molar-refractivity contribution < 1.29 is 29.0 Å². The van der Waals surface area contributed by atoms with Gasteiger partial charge in [0.15, 0.2) is 11.4 Å². The summed E-state index contributed by atoms with van der Waals surface area (Å²) in [5.41, 5.74) is 2.52. The van der Waals surface area contributed by atoms with Crippen molar-refractivity contribution in [1.29, 1.82) is 0 Å². The molecule has 1 aliphatic rings. The Bertz CT molecular complexity index is 1360. The van der Waals surface area contributed by atoms with Crippen LogP contribution in [0.3, 0.4) is 0 Å². The number of thioether (sulfide) groups is 1. The second-order valence-electron chi connectivity index (χ2n) is 10.7. The zero-order valence-electron chi connectivity index (χ0n) is 23.5. The molecule has 1 amide bonds. The van der Waals surface area contributed by atoms with E-state index in [1.54, 1.807) is 16.7 Å². The molecule has 0 bridgehead atoms. The van der Waals surface area contributed by atoms with Gasteiger partial charge in [-0.1, -0.05) is 54.6 Å². The quantitative estimate of drug-likeness (QED) is 0.235. The van der Waals surface area contributed by atoms with Crippen molar-refractivity contribution in [2.45, 2.75) is 50.7 Å². The Kier molecular flexibility index (Phi) is 8.88. The highest BCUT2D eigenvalue weighted by atomic mass is 32.2. The van der Waals surface area contributed by atoms with Crippen LogP contribution in [0.15, 0.2) is 71.6 Å². The zero-order valence-corrected chi connectivity index (χ0v) is 24.3. The van der Waals surface area contributed by atoms with Crippen molar-refractivity contribution in [2.24, 2.45) is 5.92 Å². The molecule has 0 spiro atoms. The number of amides is 1. The number of carbonyl (C=O) groups is 3. The topological polar surface area (TPSA) is 93.1 Å². The van der Waals surface area contributed by atoms with Gasteiger partial charge in [-0.15, -0.1) is 11.8 Å². The molecule has 1 heterocycles. The third kappa shape index (κ3) is 6.50. The molecular weight excluding hydrogens is 526 g/mol. The number of rotatable bonds is 9. The molecule has 8 heteroatoms. The number of ether oxygens (including phenoxy) is 2. The molecule has 1 fully saturated rings. The molecule has 0 saturated carbocycles. The van der Waals surface area contributed by atoms with Crippen LogP contribution < -0.4 is 4.74 Å². The van der Waals surface area contributed by atoms with E-state index in [0.717, 1.165) is 27.1 Å². The normalized spacial score (nSPS) is 17.0.